The molecule has 30 heavy (non-hydrogen) atoms. The van der Waals surface area contributed by atoms with Crippen LogP contribution in [0.25, 0.3) is 10.2 Å². The van der Waals surface area contributed by atoms with E-state index in [1.807, 2.05) is 37.3 Å². The van der Waals surface area contributed by atoms with E-state index in [0.29, 0.717) is 34.8 Å². The monoisotopic (exact) mass is 420 g/mol. The molecule has 2 heterocycles. The number of nitrogens with one attached hydrogen (secondary N) is 1. The molecule has 0 saturated carbocycles. The van der Waals surface area contributed by atoms with Gasteiger partial charge >= 0.3 is 0 Å². The number of carbonyl (C=O) groups excluding carboxylic acids is 1. The number of carbonyl (C=O) groups is 1. The number of anilines is 1. The third-order valence-electron chi connectivity index (χ3n) is 4.69. The number of ether oxygens (including phenoxy) is 1. The van der Waals surface area contributed by atoms with Crippen LogP contribution in [-0.4, -0.2) is 22.2 Å². The van der Waals surface area contributed by atoms with Crippen molar-refractivity contribution in [2.24, 2.45) is 0 Å². The minimum atomic E-state index is -0.679. The number of thiophene rings is 1. The van der Waals surface area contributed by atoms with Gasteiger partial charge in [0.05, 0.1) is 29.1 Å². The third kappa shape index (κ3) is 3.67. The molecule has 1 amide bonds. The van der Waals surface area contributed by atoms with E-state index in [-0.39, 0.29) is 11.3 Å². The van der Waals surface area contributed by atoms with Gasteiger partial charge in [-0.3, -0.25) is 9.59 Å². The van der Waals surface area contributed by atoms with Crippen molar-refractivity contribution in [1.29, 1.82) is 0 Å². The first kappa shape index (κ1) is 19.7. The van der Waals surface area contributed by atoms with Gasteiger partial charge in [-0.05, 0) is 36.1 Å². The van der Waals surface area contributed by atoms with Crippen molar-refractivity contribution < 1.29 is 14.6 Å². The van der Waals surface area contributed by atoms with E-state index in [0.717, 1.165) is 5.56 Å². The highest BCUT2D eigenvalue weighted by atomic mass is 32.1. The van der Waals surface area contributed by atoms with Crippen molar-refractivity contribution in [2.45, 2.75) is 13.5 Å². The van der Waals surface area contributed by atoms with Crippen LogP contribution in [0.4, 0.5) is 5.69 Å². The van der Waals surface area contributed by atoms with Gasteiger partial charge in [-0.1, -0.05) is 42.5 Å². The van der Waals surface area contributed by atoms with E-state index < -0.39 is 11.5 Å². The van der Waals surface area contributed by atoms with Crippen LogP contribution in [0.1, 0.15) is 22.8 Å². The maximum Gasteiger partial charge on any atom is 0.268 e. The Balaban J connectivity index is 1.79. The lowest BCUT2D eigenvalue weighted by Gasteiger charge is -2.14. The summed E-state index contributed by atoms with van der Waals surface area (Å²) in [5.74, 6) is -0.489. The summed E-state index contributed by atoms with van der Waals surface area (Å²) in [7, 11) is 0. The number of fused-ring (bicyclic) bond motifs is 1. The van der Waals surface area contributed by atoms with Crippen molar-refractivity contribution >= 4 is 33.1 Å². The van der Waals surface area contributed by atoms with Gasteiger partial charge in [-0.15, -0.1) is 11.3 Å². The van der Waals surface area contributed by atoms with Crippen molar-refractivity contribution in [3.8, 4) is 11.5 Å². The van der Waals surface area contributed by atoms with Crippen LogP contribution in [-0.2, 0) is 6.54 Å². The normalized spacial score (nSPS) is 10.8. The molecule has 4 rings (SSSR count). The molecule has 0 bridgehead atoms. The molecule has 0 unspecified atom stereocenters. The average molecular weight is 420 g/mol. The summed E-state index contributed by atoms with van der Waals surface area (Å²) in [6, 6.07) is 18.3. The Bertz CT molecular complexity index is 1260. The largest absolute Gasteiger partial charge is 0.505 e. The second kappa shape index (κ2) is 8.42. The lowest BCUT2D eigenvalue weighted by Crippen LogP contribution is -2.30. The Hall–Kier alpha value is -3.58. The zero-order valence-corrected chi connectivity index (χ0v) is 17.1. The predicted octanol–water partition coefficient (Wildman–Crippen LogP) is 4.47. The van der Waals surface area contributed by atoms with E-state index in [4.69, 9.17) is 4.74 Å². The summed E-state index contributed by atoms with van der Waals surface area (Å²) in [6.07, 6.45) is 0. The van der Waals surface area contributed by atoms with E-state index in [9.17, 15) is 14.7 Å². The van der Waals surface area contributed by atoms with Crippen molar-refractivity contribution in [2.75, 3.05) is 11.9 Å². The molecule has 7 heteroatoms. The number of nitrogens with zero attached hydrogens (tertiary/aromatic N) is 1. The second-order valence-electron chi connectivity index (χ2n) is 6.62. The lowest BCUT2D eigenvalue weighted by atomic mass is 10.1. The van der Waals surface area contributed by atoms with Crippen LogP contribution in [0.15, 0.2) is 70.8 Å². The molecule has 0 atom stereocenters. The molecule has 0 aliphatic carbocycles. The molecule has 2 aromatic carbocycles. The number of aromatic hydroxyl groups is 1. The molecule has 0 aliphatic heterocycles. The summed E-state index contributed by atoms with van der Waals surface area (Å²) in [6.45, 7) is 2.57. The topological polar surface area (TPSA) is 80.6 Å². The predicted molar refractivity (Wildman–Crippen MR) is 119 cm³/mol. The number of rotatable bonds is 6. The summed E-state index contributed by atoms with van der Waals surface area (Å²) in [4.78, 5) is 26.3. The summed E-state index contributed by atoms with van der Waals surface area (Å²) < 4.78 is 7.55. The van der Waals surface area contributed by atoms with E-state index >= 15 is 0 Å². The number of pyridine rings is 1. The number of benzene rings is 2. The standard InChI is InChI=1S/C23H20N2O4S/c1-2-29-18-11-7-6-10-16(18)24-22(27)19-20(26)21-17(12-13-30-21)25(23(19)28)14-15-8-4-3-5-9-15/h3-13,26H,2,14H2,1H3,(H,24,27). The fourth-order valence-corrected chi connectivity index (χ4v) is 4.16. The van der Waals surface area contributed by atoms with Crippen LogP contribution in [0.3, 0.4) is 0 Å². The molecular weight excluding hydrogens is 400 g/mol. The Kier molecular flexibility index (Phi) is 5.54. The molecule has 0 radical (unpaired) electrons. The second-order valence-corrected chi connectivity index (χ2v) is 7.53. The van der Waals surface area contributed by atoms with Gasteiger partial charge in [0, 0.05) is 0 Å². The number of hydrogen-bond acceptors (Lipinski definition) is 5. The first-order chi connectivity index (χ1) is 14.6. The lowest BCUT2D eigenvalue weighted by molar-refractivity contribution is 0.102. The van der Waals surface area contributed by atoms with Crippen molar-refractivity contribution in [1.82, 2.24) is 4.57 Å². The van der Waals surface area contributed by atoms with Gasteiger partial charge in [0.15, 0.2) is 5.75 Å². The maximum atomic E-state index is 13.3. The van der Waals surface area contributed by atoms with Gasteiger partial charge in [-0.25, -0.2) is 0 Å². The summed E-state index contributed by atoms with van der Waals surface area (Å²) in [5, 5.41) is 15.2. The third-order valence-corrected chi connectivity index (χ3v) is 5.60. The fourth-order valence-electron chi connectivity index (χ4n) is 3.32. The van der Waals surface area contributed by atoms with Crippen LogP contribution in [0, 0.1) is 0 Å². The van der Waals surface area contributed by atoms with Crippen LogP contribution in [0.2, 0.25) is 0 Å². The van der Waals surface area contributed by atoms with Crippen molar-refractivity contribution in [3.05, 3.63) is 87.5 Å². The highest BCUT2D eigenvalue weighted by Crippen LogP contribution is 2.32. The van der Waals surface area contributed by atoms with E-state index in [1.165, 1.54) is 15.9 Å². The van der Waals surface area contributed by atoms with Gasteiger partial charge in [0.1, 0.15) is 11.3 Å². The van der Waals surface area contributed by atoms with Gasteiger partial charge < -0.3 is 19.7 Å². The highest BCUT2D eigenvalue weighted by Gasteiger charge is 2.24. The maximum absolute atomic E-state index is 13.3. The van der Waals surface area contributed by atoms with Crippen LogP contribution >= 0.6 is 11.3 Å². The van der Waals surface area contributed by atoms with Crippen LogP contribution < -0.4 is 15.6 Å². The van der Waals surface area contributed by atoms with Crippen molar-refractivity contribution in [3.63, 3.8) is 0 Å². The zero-order valence-electron chi connectivity index (χ0n) is 16.3. The number of hydrogen-bond donors (Lipinski definition) is 2. The Morgan fingerprint density at radius 2 is 1.83 bits per heavy atom. The first-order valence-electron chi connectivity index (χ1n) is 9.50. The minimum absolute atomic E-state index is 0.285. The van der Waals surface area contributed by atoms with Crippen LogP contribution in [0.5, 0.6) is 11.5 Å². The minimum Gasteiger partial charge on any atom is -0.505 e. The van der Waals surface area contributed by atoms with Gasteiger partial charge in [-0.2, -0.15) is 0 Å². The first-order valence-corrected chi connectivity index (χ1v) is 10.4. The molecule has 0 aliphatic rings. The molecular formula is C23H20N2O4S. The van der Waals surface area contributed by atoms with E-state index in [2.05, 4.69) is 5.32 Å². The average Bonchev–Trinajstić information content (AvgIpc) is 3.24. The quantitative estimate of drug-likeness (QED) is 0.482. The molecule has 0 spiro atoms. The molecule has 152 valence electrons. The molecule has 4 aromatic rings. The number of amides is 1. The SMILES string of the molecule is CCOc1ccccc1NC(=O)c1c(O)c2sccc2n(Cc2ccccc2)c1=O. The number of para-hydroxylation sites is 2. The molecule has 2 N–H and O–H groups in total. The van der Waals surface area contributed by atoms with E-state index in [1.54, 1.807) is 35.7 Å². The molecule has 6 nitrogen and oxygen atoms in total. The molecule has 2 aromatic heterocycles. The van der Waals surface area contributed by atoms with Gasteiger partial charge in [0.25, 0.3) is 11.5 Å². The smallest absolute Gasteiger partial charge is 0.268 e. The summed E-state index contributed by atoms with van der Waals surface area (Å²) >= 11 is 1.28. The molecule has 0 saturated heterocycles. The summed E-state index contributed by atoms with van der Waals surface area (Å²) in [5.41, 5.74) is 1.12. The Morgan fingerprint density at radius 1 is 1.10 bits per heavy atom. The highest BCUT2D eigenvalue weighted by molar-refractivity contribution is 7.17. The fraction of sp³-hybridized carbons (Fsp3) is 0.130. The Labute approximate surface area is 177 Å². The zero-order chi connectivity index (χ0) is 21.1. The number of aromatic nitrogens is 1. The van der Waals surface area contributed by atoms with Gasteiger partial charge in [0.2, 0.25) is 0 Å². The molecule has 0 fully saturated rings. The Morgan fingerprint density at radius 3 is 2.60 bits per heavy atom.